The highest BCUT2D eigenvalue weighted by Crippen LogP contribution is 2.00. The lowest BCUT2D eigenvalue weighted by atomic mass is 10.4. The number of rotatable bonds is 6. The molecule has 0 radical (unpaired) electrons. The highest BCUT2D eigenvalue weighted by Gasteiger charge is 1.98. The number of unbranched alkanes of at least 4 members (excludes halogenated alkanes) is 1. The van der Waals surface area contributed by atoms with Crippen LogP contribution in [0.5, 0.6) is 0 Å². The third-order valence-corrected chi connectivity index (χ3v) is 1.37. The summed E-state index contributed by atoms with van der Waals surface area (Å²) in [6, 6.07) is 0. The highest BCUT2D eigenvalue weighted by atomic mass is 32.1. The molecular formula is C7H16O2S. The second kappa shape index (κ2) is 7.38. The van der Waals surface area contributed by atoms with Crippen LogP contribution in [0.4, 0.5) is 0 Å². The maximum Gasteiger partial charge on any atom is 0.203 e. The first-order valence-corrected chi connectivity index (χ1v) is 4.24. The molecule has 1 unspecified atom stereocenters. The average molecular weight is 164 g/mol. The van der Waals surface area contributed by atoms with E-state index < -0.39 is 0 Å². The summed E-state index contributed by atoms with van der Waals surface area (Å²) < 4.78 is 10.2. The van der Waals surface area contributed by atoms with Crippen molar-refractivity contribution in [3.63, 3.8) is 0 Å². The lowest BCUT2D eigenvalue weighted by molar-refractivity contribution is -0.0772. The fraction of sp³-hybridized carbons (Fsp3) is 1.00. The second-order valence-corrected chi connectivity index (χ2v) is 2.41. The van der Waals surface area contributed by atoms with Gasteiger partial charge >= 0.3 is 0 Å². The molecule has 0 saturated heterocycles. The van der Waals surface area contributed by atoms with Crippen LogP contribution in [0.2, 0.25) is 0 Å². The minimum Gasteiger partial charge on any atom is -0.344 e. The minimum atomic E-state index is -0.337. The molecule has 0 aromatic carbocycles. The fourth-order valence-corrected chi connectivity index (χ4v) is 0.774. The molecule has 0 aliphatic heterocycles. The van der Waals surface area contributed by atoms with Gasteiger partial charge in [-0.2, -0.15) is 0 Å². The van der Waals surface area contributed by atoms with Crippen LogP contribution in [0, 0.1) is 0 Å². The normalized spacial score (nSPS) is 13.5. The van der Waals surface area contributed by atoms with Crippen molar-refractivity contribution in [1.82, 2.24) is 0 Å². The van der Waals surface area contributed by atoms with E-state index in [2.05, 4.69) is 19.6 Å². The van der Waals surface area contributed by atoms with E-state index in [9.17, 15) is 0 Å². The van der Waals surface area contributed by atoms with Gasteiger partial charge in [-0.15, -0.1) is 12.6 Å². The van der Waals surface area contributed by atoms with E-state index in [0.29, 0.717) is 6.61 Å². The van der Waals surface area contributed by atoms with Crippen LogP contribution in [-0.2, 0) is 9.47 Å². The molecule has 62 valence electrons. The standard InChI is InChI=1S/C7H16O2S/c1-3-5-6-9-7(10)8-4-2/h7,10H,3-6H2,1-2H3. The van der Waals surface area contributed by atoms with Gasteiger partial charge in [0.15, 0.2) is 0 Å². The first-order valence-electron chi connectivity index (χ1n) is 3.72. The number of hydrogen-bond donors (Lipinski definition) is 1. The smallest absolute Gasteiger partial charge is 0.203 e. The summed E-state index contributed by atoms with van der Waals surface area (Å²) in [6.07, 6.45) is 2.22. The average Bonchev–Trinajstić information content (AvgIpc) is 1.89. The number of ether oxygens (including phenoxy) is 2. The highest BCUT2D eigenvalue weighted by molar-refractivity contribution is 7.80. The Bertz CT molecular complexity index is 68.6. The molecule has 10 heavy (non-hydrogen) atoms. The molecular weight excluding hydrogens is 148 g/mol. The van der Waals surface area contributed by atoms with Crippen molar-refractivity contribution in [2.75, 3.05) is 13.2 Å². The van der Waals surface area contributed by atoms with E-state index in [4.69, 9.17) is 9.47 Å². The molecule has 0 aliphatic carbocycles. The second-order valence-electron chi connectivity index (χ2n) is 1.99. The molecule has 3 heteroatoms. The minimum absolute atomic E-state index is 0.337. The summed E-state index contributed by atoms with van der Waals surface area (Å²) in [6.45, 7) is 5.44. The van der Waals surface area contributed by atoms with E-state index in [-0.39, 0.29) is 5.62 Å². The summed E-state index contributed by atoms with van der Waals surface area (Å²) in [5, 5.41) is 0. The Kier molecular flexibility index (Phi) is 7.58. The van der Waals surface area contributed by atoms with Crippen molar-refractivity contribution in [1.29, 1.82) is 0 Å². The number of thiol groups is 1. The van der Waals surface area contributed by atoms with Crippen molar-refractivity contribution in [2.24, 2.45) is 0 Å². The van der Waals surface area contributed by atoms with Gasteiger partial charge in [-0.05, 0) is 13.3 Å². The van der Waals surface area contributed by atoms with Crippen molar-refractivity contribution in [3.05, 3.63) is 0 Å². The lowest BCUT2D eigenvalue weighted by Crippen LogP contribution is -2.10. The van der Waals surface area contributed by atoms with Crippen LogP contribution >= 0.6 is 12.6 Å². The van der Waals surface area contributed by atoms with Crippen LogP contribution in [0.25, 0.3) is 0 Å². The van der Waals surface area contributed by atoms with Crippen molar-refractivity contribution < 1.29 is 9.47 Å². The Hall–Kier alpha value is 0.270. The number of hydrogen-bond acceptors (Lipinski definition) is 3. The van der Waals surface area contributed by atoms with Gasteiger partial charge in [-0.1, -0.05) is 13.3 Å². The Labute approximate surface area is 68.3 Å². The van der Waals surface area contributed by atoms with Crippen LogP contribution in [0.15, 0.2) is 0 Å². The molecule has 0 amide bonds. The molecule has 0 bridgehead atoms. The summed E-state index contributed by atoms with van der Waals surface area (Å²) in [5.74, 6) is 0. The summed E-state index contributed by atoms with van der Waals surface area (Å²) in [7, 11) is 0. The molecule has 0 spiro atoms. The van der Waals surface area contributed by atoms with E-state index >= 15 is 0 Å². The third-order valence-electron chi connectivity index (χ3n) is 1.07. The van der Waals surface area contributed by atoms with Crippen LogP contribution in [-0.4, -0.2) is 18.8 Å². The van der Waals surface area contributed by atoms with Crippen molar-refractivity contribution in [3.8, 4) is 0 Å². The zero-order valence-electron chi connectivity index (χ0n) is 6.67. The molecule has 0 rings (SSSR count). The van der Waals surface area contributed by atoms with Gasteiger partial charge in [-0.25, -0.2) is 0 Å². The lowest BCUT2D eigenvalue weighted by Gasteiger charge is -2.10. The Morgan fingerprint density at radius 3 is 2.50 bits per heavy atom. The van der Waals surface area contributed by atoms with Crippen molar-refractivity contribution >= 4 is 12.6 Å². The fourth-order valence-electron chi connectivity index (χ4n) is 0.519. The molecule has 0 heterocycles. The molecule has 0 N–H and O–H groups in total. The first kappa shape index (κ1) is 10.3. The molecule has 1 atom stereocenters. The zero-order valence-corrected chi connectivity index (χ0v) is 7.56. The summed E-state index contributed by atoms with van der Waals surface area (Å²) in [5.41, 5.74) is -0.337. The predicted molar refractivity (Wildman–Crippen MR) is 45.3 cm³/mol. The van der Waals surface area contributed by atoms with E-state index in [1.165, 1.54) is 0 Å². The molecule has 0 aromatic rings. The van der Waals surface area contributed by atoms with Gasteiger partial charge in [0, 0.05) is 6.61 Å². The van der Waals surface area contributed by atoms with E-state index in [0.717, 1.165) is 19.4 Å². The van der Waals surface area contributed by atoms with Crippen LogP contribution in [0.1, 0.15) is 26.7 Å². The molecule has 2 nitrogen and oxygen atoms in total. The summed E-state index contributed by atoms with van der Waals surface area (Å²) >= 11 is 4.04. The Balaban J connectivity index is 2.97. The Morgan fingerprint density at radius 2 is 2.00 bits per heavy atom. The van der Waals surface area contributed by atoms with Gasteiger partial charge in [0.25, 0.3) is 0 Å². The van der Waals surface area contributed by atoms with E-state index in [1.54, 1.807) is 0 Å². The first-order chi connectivity index (χ1) is 4.81. The van der Waals surface area contributed by atoms with Gasteiger partial charge in [0.2, 0.25) is 5.62 Å². The maximum absolute atomic E-state index is 5.16. The maximum atomic E-state index is 5.16. The van der Waals surface area contributed by atoms with Gasteiger partial charge in [0.05, 0.1) is 6.61 Å². The predicted octanol–water partition coefficient (Wildman–Crippen LogP) is 2.05. The Morgan fingerprint density at radius 1 is 1.30 bits per heavy atom. The molecule has 0 aromatic heterocycles. The van der Waals surface area contributed by atoms with Gasteiger partial charge in [0.1, 0.15) is 0 Å². The third kappa shape index (κ3) is 6.39. The quantitative estimate of drug-likeness (QED) is 0.368. The van der Waals surface area contributed by atoms with Gasteiger partial charge < -0.3 is 9.47 Å². The zero-order chi connectivity index (χ0) is 7.82. The molecule has 0 fully saturated rings. The van der Waals surface area contributed by atoms with Crippen LogP contribution in [0.3, 0.4) is 0 Å². The van der Waals surface area contributed by atoms with Crippen LogP contribution < -0.4 is 0 Å². The topological polar surface area (TPSA) is 18.5 Å². The summed E-state index contributed by atoms with van der Waals surface area (Å²) in [4.78, 5) is 0. The van der Waals surface area contributed by atoms with E-state index in [1.807, 2.05) is 6.92 Å². The molecule has 0 saturated carbocycles. The monoisotopic (exact) mass is 164 g/mol. The van der Waals surface area contributed by atoms with Crippen molar-refractivity contribution in [2.45, 2.75) is 32.3 Å². The SMILES string of the molecule is CCCCOC(S)OCC. The molecule has 0 aliphatic rings. The van der Waals surface area contributed by atoms with Gasteiger partial charge in [-0.3, -0.25) is 0 Å². The largest absolute Gasteiger partial charge is 0.344 e.